The van der Waals surface area contributed by atoms with Gasteiger partial charge in [0.15, 0.2) is 9.84 Å². The van der Waals surface area contributed by atoms with Gasteiger partial charge in [-0.05, 0) is 36.7 Å². The Kier molecular flexibility index (Phi) is 5.03. The molecule has 0 amide bonds. The van der Waals surface area contributed by atoms with Crippen LogP contribution in [0.25, 0.3) is 10.9 Å². The number of likely N-dealkylation sites (N-methyl/N-ethyl adjacent to an activating group) is 1. The lowest BCUT2D eigenvalue weighted by Gasteiger charge is -2.20. The molecule has 0 saturated carbocycles. The van der Waals surface area contributed by atoms with E-state index in [0.29, 0.717) is 17.7 Å². The fourth-order valence-corrected chi connectivity index (χ4v) is 4.65. The molecule has 1 fully saturated rings. The van der Waals surface area contributed by atoms with Gasteiger partial charge >= 0.3 is 0 Å². The van der Waals surface area contributed by atoms with Crippen molar-refractivity contribution in [3.8, 4) is 0 Å². The van der Waals surface area contributed by atoms with Gasteiger partial charge in [0.1, 0.15) is 12.1 Å². The predicted octanol–water partition coefficient (Wildman–Crippen LogP) is 2.79. The fraction of sp³-hybridized carbons (Fsp3) is 0.333. The highest BCUT2D eigenvalue weighted by Crippen LogP contribution is 2.32. The highest BCUT2D eigenvalue weighted by atomic mass is 32.2. The summed E-state index contributed by atoms with van der Waals surface area (Å²) in [6.45, 7) is 2.79. The second kappa shape index (κ2) is 7.48. The van der Waals surface area contributed by atoms with Crippen molar-refractivity contribution >= 4 is 26.6 Å². The number of aromatic nitrogens is 2. The standard InChI is InChI=1S/C21H24N4O2S/c1-25-12-16(19(13-25)15-6-4-3-5-7-15)11-22-21-18-10-17(28(2,26)27)8-9-20(18)23-14-24-21/h3-10,14,16,19H,11-13H2,1-2H3,(H,22,23,24)/t16-,19+/m1/s1. The van der Waals surface area contributed by atoms with Gasteiger partial charge in [-0.2, -0.15) is 0 Å². The van der Waals surface area contributed by atoms with Crippen LogP contribution in [0, 0.1) is 5.92 Å². The van der Waals surface area contributed by atoms with Crippen LogP contribution in [0.1, 0.15) is 11.5 Å². The summed E-state index contributed by atoms with van der Waals surface area (Å²) in [5.41, 5.74) is 2.08. The van der Waals surface area contributed by atoms with Gasteiger partial charge in [-0.15, -0.1) is 0 Å². The third-order valence-electron chi connectivity index (χ3n) is 5.42. The molecule has 0 bridgehead atoms. The highest BCUT2D eigenvalue weighted by molar-refractivity contribution is 7.90. The zero-order valence-electron chi connectivity index (χ0n) is 16.0. The van der Waals surface area contributed by atoms with E-state index < -0.39 is 9.84 Å². The van der Waals surface area contributed by atoms with Gasteiger partial charge < -0.3 is 10.2 Å². The molecule has 0 unspecified atom stereocenters. The average molecular weight is 397 g/mol. The lowest BCUT2D eigenvalue weighted by atomic mass is 9.89. The van der Waals surface area contributed by atoms with Gasteiger partial charge in [0.2, 0.25) is 0 Å². The molecule has 3 aromatic rings. The zero-order chi connectivity index (χ0) is 19.7. The van der Waals surface area contributed by atoms with Crippen molar-refractivity contribution in [2.75, 3.05) is 38.3 Å². The first-order valence-corrected chi connectivity index (χ1v) is 11.2. The Balaban J connectivity index is 1.60. The summed E-state index contributed by atoms with van der Waals surface area (Å²) in [6, 6.07) is 15.6. The molecule has 4 rings (SSSR count). The normalized spacial score (nSPS) is 20.5. The number of rotatable bonds is 5. The first-order valence-electron chi connectivity index (χ1n) is 9.34. The number of hydrogen-bond acceptors (Lipinski definition) is 6. The van der Waals surface area contributed by atoms with E-state index in [-0.39, 0.29) is 4.90 Å². The summed E-state index contributed by atoms with van der Waals surface area (Å²) >= 11 is 0. The van der Waals surface area contributed by atoms with E-state index in [1.54, 1.807) is 18.2 Å². The Labute approximate surface area is 165 Å². The van der Waals surface area contributed by atoms with Crippen LogP contribution in [0.3, 0.4) is 0 Å². The van der Waals surface area contributed by atoms with Crippen molar-refractivity contribution < 1.29 is 8.42 Å². The number of nitrogens with zero attached hydrogens (tertiary/aromatic N) is 3. The third kappa shape index (κ3) is 3.86. The van der Waals surface area contributed by atoms with Crippen molar-refractivity contribution in [3.05, 3.63) is 60.4 Å². The van der Waals surface area contributed by atoms with Crippen molar-refractivity contribution in [2.45, 2.75) is 10.8 Å². The molecule has 6 nitrogen and oxygen atoms in total. The van der Waals surface area contributed by atoms with Gasteiger partial charge in [0, 0.05) is 37.2 Å². The maximum Gasteiger partial charge on any atom is 0.175 e. The predicted molar refractivity (Wildman–Crippen MR) is 111 cm³/mol. The molecule has 2 heterocycles. The molecule has 2 atom stereocenters. The van der Waals surface area contributed by atoms with Crippen molar-refractivity contribution in [2.24, 2.45) is 5.92 Å². The van der Waals surface area contributed by atoms with Crippen LogP contribution in [-0.4, -0.2) is 56.2 Å². The van der Waals surface area contributed by atoms with E-state index in [0.717, 1.165) is 30.5 Å². The topological polar surface area (TPSA) is 75.2 Å². The van der Waals surface area contributed by atoms with Crippen molar-refractivity contribution in [1.82, 2.24) is 14.9 Å². The number of fused-ring (bicyclic) bond motifs is 1. The number of sulfone groups is 1. The molecular formula is C21H24N4O2S. The third-order valence-corrected chi connectivity index (χ3v) is 6.53. The second-order valence-corrected chi connectivity index (χ2v) is 9.57. The SMILES string of the molecule is CN1C[C@@H](CNc2ncnc3ccc(S(C)(=O)=O)cc23)[C@H](c2ccccc2)C1. The maximum atomic E-state index is 11.9. The fourth-order valence-electron chi connectivity index (χ4n) is 4.01. The van der Waals surface area contributed by atoms with Gasteiger partial charge in [0.25, 0.3) is 0 Å². The molecule has 0 aliphatic carbocycles. The van der Waals surface area contributed by atoms with E-state index in [1.807, 2.05) is 6.07 Å². The zero-order valence-corrected chi connectivity index (χ0v) is 16.9. The number of likely N-dealkylation sites (tertiary alicyclic amines) is 1. The Morgan fingerprint density at radius 1 is 1.11 bits per heavy atom. The molecule has 0 spiro atoms. The van der Waals surface area contributed by atoms with Crippen LogP contribution in [0.15, 0.2) is 59.8 Å². The van der Waals surface area contributed by atoms with Crippen LogP contribution in [0.4, 0.5) is 5.82 Å². The molecule has 1 aromatic heterocycles. The molecule has 1 aliphatic rings. The number of benzene rings is 2. The largest absolute Gasteiger partial charge is 0.369 e. The Bertz CT molecular complexity index is 1090. The smallest absolute Gasteiger partial charge is 0.175 e. The Morgan fingerprint density at radius 2 is 1.89 bits per heavy atom. The summed E-state index contributed by atoms with van der Waals surface area (Å²) in [5.74, 6) is 1.57. The van der Waals surface area contributed by atoms with E-state index in [2.05, 4.69) is 51.5 Å². The quantitative estimate of drug-likeness (QED) is 0.715. The summed E-state index contributed by atoms with van der Waals surface area (Å²) in [4.78, 5) is 11.3. The summed E-state index contributed by atoms with van der Waals surface area (Å²) in [5, 5.41) is 4.19. The first-order chi connectivity index (χ1) is 13.4. The van der Waals surface area contributed by atoms with Gasteiger partial charge in [0.05, 0.1) is 10.4 Å². The van der Waals surface area contributed by atoms with Gasteiger partial charge in [-0.1, -0.05) is 30.3 Å². The Morgan fingerprint density at radius 3 is 2.64 bits per heavy atom. The van der Waals surface area contributed by atoms with Crippen molar-refractivity contribution in [1.29, 1.82) is 0 Å². The minimum Gasteiger partial charge on any atom is -0.369 e. The highest BCUT2D eigenvalue weighted by Gasteiger charge is 2.31. The molecule has 7 heteroatoms. The van der Waals surface area contributed by atoms with E-state index in [9.17, 15) is 8.42 Å². The lowest BCUT2D eigenvalue weighted by molar-refractivity contribution is 0.398. The van der Waals surface area contributed by atoms with E-state index in [4.69, 9.17) is 0 Å². The number of anilines is 1. The minimum atomic E-state index is -3.28. The van der Waals surface area contributed by atoms with E-state index >= 15 is 0 Å². The van der Waals surface area contributed by atoms with Crippen LogP contribution < -0.4 is 5.32 Å². The molecule has 1 N–H and O–H groups in total. The molecule has 1 aliphatic heterocycles. The van der Waals surface area contributed by atoms with Crippen LogP contribution in [0.2, 0.25) is 0 Å². The number of nitrogens with one attached hydrogen (secondary N) is 1. The average Bonchev–Trinajstić information content (AvgIpc) is 3.06. The second-order valence-electron chi connectivity index (χ2n) is 7.55. The monoisotopic (exact) mass is 396 g/mol. The van der Waals surface area contributed by atoms with E-state index in [1.165, 1.54) is 18.1 Å². The molecule has 28 heavy (non-hydrogen) atoms. The summed E-state index contributed by atoms with van der Waals surface area (Å²) < 4.78 is 23.8. The first kappa shape index (κ1) is 18.8. The molecule has 146 valence electrons. The summed E-state index contributed by atoms with van der Waals surface area (Å²) in [7, 11) is -1.14. The summed E-state index contributed by atoms with van der Waals surface area (Å²) in [6.07, 6.45) is 2.73. The molecule has 1 saturated heterocycles. The van der Waals surface area contributed by atoms with Gasteiger partial charge in [-0.3, -0.25) is 0 Å². The lowest BCUT2D eigenvalue weighted by Crippen LogP contribution is -2.22. The molecule has 0 radical (unpaired) electrons. The maximum absolute atomic E-state index is 11.9. The molecule has 2 aromatic carbocycles. The van der Waals surface area contributed by atoms with Gasteiger partial charge in [-0.25, -0.2) is 18.4 Å². The van der Waals surface area contributed by atoms with Crippen LogP contribution >= 0.6 is 0 Å². The number of hydrogen-bond donors (Lipinski definition) is 1. The molecular weight excluding hydrogens is 372 g/mol. The van der Waals surface area contributed by atoms with Crippen LogP contribution in [-0.2, 0) is 9.84 Å². The Hall–Kier alpha value is -2.51. The minimum absolute atomic E-state index is 0.278. The van der Waals surface area contributed by atoms with Crippen molar-refractivity contribution in [3.63, 3.8) is 0 Å². The van der Waals surface area contributed by atoms with Crippen LogP contribution in [0.5, 0.6) is 0 Å².